The maximum Gasteiger partial charge on any atom is 0.338 e. The van der Waals surface area contributed by atoms with Crippen LogP contribution in [0.1, 0.15) is 43.5 Å². The molecule has 0 unspecified atom stereocenters. The fourth-order valence-electron chi connectivity index (χ4n) is 3.89. The lowest BCUT2D eigenvalue weighted by Gasteiger charge is -2.35. The van der Waals surface area contributed by atoms with Gasteiger partial charge in [-0.05, 0) is 36.1 Å². The number of thioether (sulfide) groups is 1. The molecule has 1 fully saturated rings. The fraction of sp³-hybridized carbons (Fsp3) is 0.476. The fourth-order valence-corrected chi connectivity index (χ4v) is 5.65. The minimum Gasteiger partial charge on any atom is -0.466 e. The molecule has 4 rings (SSSR count). The number of carbonyl (C=O) groups is 2. The first-order valence-electron chi connectivity index (χ1n) is 10.1. The van der Waals surface area contributed by atoms with Gasteiger partial charge >= 0.3 is 5.97 Å². The van der Waals surface area contributed by atoms with Crippen LogP contribution in [0, 0.1) is 0 Å². The molecule has 1 aromatic heterocycles. The number of amides is 1. The summed E-state index contributed by atoms with van der Waals surface area (Å²) in [6.07, 6.45) is 2.97. The van der Waals surface area contributed by atoms with Gasteiger partial charge in [0.15, 0.2) is 5.17 Å². The van der Waals surface area contributed by atoms with Crippen molar-refractivity contribution in [1.29, 1.82) is 0 Å². The number of methoxy groups -OCH3 is 1. The van der Waals surface area contributed by atoms with Crippen LogP contribution >= 0.6 is 23.1 Å². The van der Waals surface area contributed by atoms with Gasteiger partial charge in [-0.2, -0.15) is 0 Å². The van der Waals surface area contributed by atoms with Crippen molar-refractivity contribution in [3.63, 3.8) is 0 Å². The maximum atomic E-state index is 12.7. The molecule has 3 aliphatic rings. The lowest BCUT2D eigenvalue weighted by Crippen LogP contribution is -2.38. The molecule has 1 amide bonds. The summed E-state index contributed by atoms with van der Waals surface area (Å²) in [7, 11) is 1.39. The molecule has 1 aromatic rings. The molecular weight excluding hydrogens is 422 g/mol. The Labute approximate surface area is 184 Å². The zero-order valence-electron chi connectivity index (χ0n) is 17.1. The number of amidine groups is 1. The summed E-state index contributed by atoms with van der Waals surface area (Å²) in [6.45, 7) is 3.28. The van der Waals surface area contributed by atoms with Crippen LogP contribution in [0.2, 0.25) is 0 Å². The Balaban J connectivity index is 1.57. The first kappa shape index (κ1) is 21.1. The van der Waals surface area contributed by atoms with Crippen LogP contribution in [-0.2, 0) is 19.1 Å². The Bertz CT molecular complexity index is 901. The smallest absolute Gasteiger partial charge is 0.338 e. The van der Waals surface area contributed by atoms with Gasteiger partial charge in [0, 0.05) is 23.7 Å². The Hall–Kier alpha value is -2.10. The molecule has 1 N–H and O–H groups in total. The van der Waals surface area contributed by atoms with E-state index in [9.17, 15) is 9.59 Å². The van der Waals surface area contributed by atoms with E-state index < -0.39 is 0 Å². The average Bonchev–Trinajstić information content (AvgIpc) is 3.52. The van der Waals surface area contributed by atoms with Crippen LogP contribution in [0.5, 0.6) is 0 Å². The molecule has 0 radical (unpaired) electrons. The van der Waals surface area contributed by atoms with E-state index in [4.69, 9.17) is 14.5 Å². The summed E-state index contributed by atoms with van der Waals surface area (Å²) in [6, 6.07) is 3.63. The van der Waals surface area contributed by atoms with Crippen LogP contribution in [0.3, 0.4) is 0 Å². The minimum absolute atomic E-state index is 0.0617. The third-order valence-electron chi connectivity index (χ3n) is 5.33. The topological polar surface area (TPSA) is 80.2 Å². The lowest BCUT2D eigenvalue weighted by molar-refractivity contribution is -0.136. The second kappa shape index (κ2) is 9.36. The van der Waals surface area contributed by atoms with Crippen molar-refractivity contribution < 1.29 is 19.1 Å². The molecule has 9 heteroatoms. The maximum absolute atomic E-state index is 12.7. The van der Waals surface area contributed by atoms with Gasteiger partial charge in [-0.25, -0.2) is 9.79 Å². The number of hydrogen-bond donors (Lipinski definition) is 1. The summed E-state index contributed by atoms with van der Waals surface area (Å²) in [5.41, 5.74) is 2.11. The first-order chi connectivity index (χ1) is 14.6. The predicted octanol–water partition coefficient (Wildman–Crippen LogP) is 3.57. The van der Waals surface area contributed by atoms with Crippen molar-refractivity contribution >= 4 is 40.1 Å². The highest BCUT2D eigenvalue weighted by atomic mass is 32.2. The predicted molar refractivity (Wildman–Crippen MR) is 118 cm³/mol. The Kier molecular flexibility index (Phi) is 6.60. The summed E-state index contributed by atoms with van der Waals surface area (Å²) in [4.78, 5) is 33.1. The number of thiophene rings is 1. The van der Waals surface area contributed by atoms with Crippen LogP contribution in [0.25, 0.3) is 0 Å². The summed E-state index contributed by atoms with van der Waals surface area (Å²) in [5, 5.41) is 7.72. The Morgan fingerprint density at radius 1 is 1.43 bits per heavy atom. The Morgan fingerprint density at radius 2 is 2.30 bits per heavy atom. The molecule has 0 aromatic carbocycles. The highest BCUT2D eigenvalue weighted by Crippen LogP contribution is 2.46. The van der Waals surface area contributed by atoms with Gasteiger partial charge in [-0.1, -0.05) is 24.8 Å². The number of nitrogens with zero attached hydrogens (tertiary/aromatic N) is 2. The van der Waals surface area contributed by atoms with Crippen LogP contribution in [0.15, 0.2) is 44.9 Å². The van der Waals surface area contributed by atoms with E-state index in [-0.39, 0.29) is 30.4 Å². The van der Waals surface area contributed by atoms with E-state index in [1.54, 1.807) is 11.3 Å². The highest BCUT2D eigenvalue weighted by Gasteiger charge is 2.41. The number of esters is 1. The lowest BCUT2D eigenvalue weighted by atomic mass is 9.98. The van der Waals surface area contributed by atoms with Gasteiger partial charge in [0.1, 0.15) is 6.04 Å². The van der Waals surface area contributed by atoms with Gasteiger partial charge < -0.3 is 19.7 Å². The molecule has 4 heterocycles. The van der Waals surface area contributed by atoms with E-state index in [0.29, 0.717) is 18.5 Å². The molecule has 3 aliphatic heterocycles. The molecule has 0 aliphatic carbocycles. The normalized spacial score (nSPS) is 23.2. The third kappa shape index (κ3) is 4.19. The van der Waals surface area contributed by atoms with Crippen molar-refractivity contribution in [3.05, 3.63) is 44.8 Å². The van der Waals surface area contributed by atoms with Gasteiger partial charge in [0.25, 0.3) is 0 Å². The Morgan fingerprint density at radius 3 is 2.97 bits per heavy atom. The third-order valence-corrected chi connectivity index (χ3v) is 7.15. The zero-order chi connectivity index (χ0) is 21.1. The molecule has 0 spiro atoms. The number of aliphatic imine (C=N–C) groups is 1. The standard InChI is InChI=1S/C21H25N3O4S2/c1-3-15-18(20(26)27-2)19(16-7-5-9-29-16)24-13(12-30-21(24)23-15)10-17(25)22-11-14-6-4-8-28-14/h5,7,9,12,14,19H,3-4,6,8,10-11H2,1-2H3,(H,22,25)/t14-,19-/m0/s1. The highest BCUT2D eigenvalue weighted by molar-refractivity contribution is 8.16. The number of rotatable bonds is 7. The van der Waals surface area contributed by atoms with Crippen molar-refractivity contribution in [3.8, 4) is 0 Å². The molecule has 1 saturated heterocycles. The van der Waals surface area contributed by atoms with E-state index in [2.05, 4.69) is 5.32 Å². The summed E-state index contributed by atoms with van der Waals surface area (Å²) < 4.78 is 10.7. The number of carbonyl (C=O) groups excluding carboxylic acids is 2. The van der Waals surface area contributed by atoms with E-state index >= 15 is 0 Å². The van der Waals surface area contributed by atoms with Crippen LogP contribution in [0.4, 0.5) is 0 Å². The second-order valence-corrected chi connectivity index (χ2v) is 9.05. The van der Waals surface area contributed by atoms with Crippen molar-refractivity contribution in [2.75, 3.05) is 20.3 Å². The van der Waals surface area contributed by atoms with Crippen molar-refractivity contribution in [2.24, 2.45) is 4.99 Å². The van der Waals surface area contributed by atoms with E-state index in [1.165, 1.54) is 18.9 Å². The van der Waals surface area contributed by atoms with Gasteiger partial charge in [0.2, 0.25) is 5.91 Å². The molecule has 160 valence electrons. The molecule has 7 nitrogen and oxygen atoms in total. The molecule has 0 bridgehead atoms. The van der Waals surface area contributed by atoms with Gasteiger partial charge in [-0.15, -0.1) is 11.3 Å². The van der Waals surface area contributed by atoms with E-state index in [0.717, 1.165) is 40.9 Å². The first-order valence-corrected chi connectivity index (χ1v) is 11.8. The summed E-state index contributed by atoms with van der Waals surface area (Å²) >= 11 is 3.07. The quantitative estimate of drug-likeness (QED) is 0.644. The average molecular weight is 448 g/mol. The van der Waals surface area contributed by atoms with Gasteiger partial charge in [0.05, 0.1) is 30.9 Å². The van der Waals surface area contributed by atoms with Crippen LogP contribution in [-0.4, -0.2) is 48.3 Å². The van der Waals surface area contributed by atoms with E-state index in [1.807, 2.05) is 34.7 Å². The van der Waals surface area contributed by atoms with Crippen molar-refractivity contribution in [2.45, 2.75) is 44.8 Å². The summed E-state index contributed by atoms with van der Waals surface area (Å²) in [5.74, 6) is -0.444. The van der Waals surface area contributed by atoms with Crippen LogP contribution < -0.4 is 5.32 Å². The molecular formula is C21H25N3O4S2. The van der Waals surface area contributed by atoms with Crippen molar-refractivity contribution in [1.82, 2.24) is 10.2 Å². The number of nitrogens with one attached hydrogen (secondary N) is 1. The number of ether oxygens (including phenoxy) is 2. The number of hydrogen-bond acceptors (Lipinski definition) is 8. The zero-order valence-corrected chi connectivity index (χ0v) is 18.7. The molecule has 30 heavy (non-hydrogen) atoms. The monoisotopic (exact) mass is 447 g/mol. The van der Waals surface area contributed by atoms with Gasteiger partial charge in [-0.3, -0.25) is 4.79 Å². The molecule has 0 saturated carbocycles. The SMILES string of the molecule is CCC1=C(C(=O)OC)[C@H](c2cccs2)N2C(CC(=O)NC[C@@H]3CCCO3)=CSC2=N1. The largest absolute Gasteiger partial charge is 0.466 e. The molecule has 2 atom stereocenters. The number of allylic oxidation sites excluding steroid dienone is 1. The second-order valence-electron chi connectivity index (χ2n) is 7.23. The number of fused-ring (bicyclic) bond motifs is 1. The minimum atomic E-state index is -0.382.